The van der Waals surface area contributed by atoms with E-state index in [0.29, 0.717) is 23.9 Å². The Balaban J connectivity index is 1.69. The van der Waals surface area contributed by atoms with Crippen molar-refractivity contribution in [1.29, 1.82) is 0 Å². The van der Waals surface area contributed by atoms with Gasteiger partial charge < -0.3 is 9.64 Å². The predicted octanol–water partition coefficient (Wildman–Crippen LogP) is 4.81. The molecular formula is C22H21ClN4O4. The fraction of sp³-hybridized carbons (Fsp3) is 0.273. The zero-order valence-corrected chi connectivity index (χ0v) is 17.9. The molecule has 1 amide bonds. The molecule has 4 rings (SSSR count). The van der Waals surface area contributed by atoms with Crippen LogP contribution in [0.2, 0.25) is 5.02 Å². The number of benzene rings is 2. The van der Waals surface area contributed by atoms with E-state index in [1.54, 1.807) is 35.0 Å². The van der Waals surface area contributed by atoms with Crippen LogP contribution in [-0.4, -0.2) is 34.3 Å². The number of hydrogen-bond acceptors (Lipinski definition) is 5. The molecular weight excluding hydrogens is 420 g/mol. The van der Waals surface area contributed by atoms with E-state index < -0.39 is 4.92 Å². The van der Waals surface area contributed by atoms with Gasteiger partial charge in [0.05, 0.1) is 17.7 Å². The van der Waals surface area contributed by atoms with Crippen molar-refractivity contribution in [1.82, 2.24) is 9.78 Å². The number of amides is 1. The van der Waals surface area contributed by atoms with E-state index in [2.05, 4.69) is 5.10 Å². The summed E-state index contributed by atoms with van der Waals surface area (Å²) >= 11 is 5.95. The summed E-state index contributed by atoms with van der Waals surface area (Å²) in [7, 11) is 1.58. The van der Waals surface area contributed by atoms with Crippen LogP contribution in [0.5, 0.6) is 5.75 Å². The van der Waals surface area contributed by atoms with E-state index in [4.69, 9.17) is 16.3 Å². The Kier molecular flexibility index (Phi) is 5.65. The van der Waals surface area contributed by atoms with Crippen molar-refractivity contribution < 1.29 is 14.5 Å². The largest absolute Gasteiger partial charge is 0.494 e. The number of rotatable bonds is 7. The molecule has 0 spiro atoms. The summed E-state index contributed by atoms with van der Waals surface area (Å²) in [5.74, 6) is 0.683. The van der Waals surface area contributed by atoms with Gasteiger partial charge in [0.2, 0.25) is 0 Å². The Morgan fingerprint density at radius 2 is 2.06 bits per heavy atom. The average molecular weight is 441 g/mol. The minimum absolute atomic E-state index is 0.0309. The molecule has 160 valence electrons. The molecule has 0 unspecified atom stereocenters. The van der Waals surface area contributed by atoms with Crippen molar-refractivity contribution in [2.24, 2.45) is 5.92 Å². The van der Waals surface area contributed by atoms with E-state index in [0.717, 1.165) is 24.1 Å². The Bertz CT molecular complexity index is 1160. The number of ether oxygens (including phenoxy) is 1. The summed E-state index contributed by atoms with van der Waals surface area (Å²) in [4.78, 5) is 25.7. The van der Waals surface area contributed by atoms with E-state index in [-0.39, 0.29) is 22.3 Å². The van der Waals surface area contributed by atoms with Gasteiger partial charge in [-0.25, -0.2) is 4.68 Å². The number of nitrogens with zero attached hydrogens (tertiary/aromatic N) is 4. The zero-order chi connectivity index (χ0) is 22.1. The van der Waals surface area contributed by atoms with Gasteiger partial charge in [0.25, 0.3) is 11.6 Å². The lowest BCUT2D eigenvalue weighted by atomic mass is 10.2. The SMILES string of the molecule is COc1ccc(C)cc1-n1ccc(C(=O)N(CC2CC2)c2ccc(Cl)c([N+](=O)[O-])c2)n1. The van der Waals surface area contributed by atoms with Crippen LogP contribution in [0.1, 0.15) is 28.9 Å². The van der Waals surface area contributed by atoms with Gasteiger partial charge in [0.15, 0.2) is 5.69 Å². The molecule has 1 fully saturated rings. The molecule has 0 atom stereocenters. The maximum atomic E-state index is 13.4. The van der Waals surface area contributed by atoms with Crippen molar-refractivity contribution in [3.63, 3.8) is 0 Å². The summed E-state index contributed by atoms with van der Waals surface area (Å²) in [6.45, 7) is 2.43. The molecule has 0 saturated heterocycles. The number of nitro groups is 1. The lowest BCUT2D eigenvalue weighted by Gasteiger charge is -2.22. The summed E-state index contributed by atoms with van der Waals surface area (Å²) in [5.41, 5.74) is 2.18. The first-order chi connectivity index (χ1) is 14.9. The van der Waals surface area contributed by atoms with Gasteiger partial charge in [-0.15, -0.1) is 0 Å². The maximum Gasteiger partial charge on any atom is 0.289 e. The van der Waals surface area contributed by atoms with Gasteiger partial charge in [-0.2, -0.15) is 5.10 Å². The third-order valence-electron chi connectivity index (χ3n) is 5.21. The zero-order valence-electron chi connectivity index (χ0n) is 17.1. The quantitative estimate of drug-likeness (QED) is 0.388. The van der Waals surface area contributed by atoms with Crippen LogP contribution in [0, 0.1) is 23.0 Å². The lowest BCUT2D eigenvalue weighted by Crippen LogP contribution is -2.33. The van der Waals surface area contributed by atoms with E-state index >= 15 is 0 Å². The monoisotopic (exact) mass is 440 g/mol. The van der Waals surface area contributed by atoms with Crippen molar-refractivity contribution in [3.8, 4) is 11.4 Å². The van der Waals surface area contributed by atoms with Crippen LogP contribution in [0.15, 0.2) is 48.7 Å². The molecule has 0 N–H and O–H groups in total. The van der Waals surface area contributed by atoms with Crippen molar-refractivity contribution in [3.05, 3.63) is 75.1 Å². The number of anilines is 1. The van der Waals surface area contributed by atoms with Crippen LogP contribution in [0.3, 0.4) is 0 Å². The Morgan fingerprint density at radius 1 is 1.29 bits per heavy atom. The third-order valence-corrected chi connectivity index (χ3v) is 5.53. The van der Waals surface area contributed by atoms with E-state index in [1.165, 1.54) is 12.1 Å². The molecule has 2 aromatic carbocycles. The summed E-state index contributed by atoms with van der Waals surface area (Å²) in [6.07, 6.45) is 3.74. The van der Waals surface area contributed by atoms with Gasteiger partial charge in [0.1, 0.15) is 16.5 Å². The molecule has 1 heterocycles. The molecule has 3 aromatic rings. The smallest absolute Gasteiger partial charge is 0.289 e. The molecule has 9 heteroatoms. The highest BCUT2D eigenvalue weighted by Gasteiger charge is 2.30. The second kappa shape index (κ2) is 8.39. The topological polar surface area (TPSA) is 90.5 Å². The fourth-order valence-corrected chi connectivity index (χ4v) is 3.55. The second-order valence-electron chi connectivity index (χ2n) is 7.57. The molecule has 0 aliphatic heterocycles. The average Bonchev–Trinajstić information content (AvgIpc) is 3.44. The molecule has 1 aromatic heterocycles. The number of aryl methyl sites for hydroxylation is 1. The van der Waals surface area contributed by atoms with Crippen molar-refractivity contribution >= 4 is 28.9 Å². The summed E-state index contributed by atoms with van der Waals surface area (Å²) in [6, 6.07) is 11.7. The van der Waals surface area contributed by atoms with Crippen molar-refractivity contribution in [2.75, 3.05) is 18.6 Å². The first-order valence-electron chi connectivity index (χ1n) is 9.84. The minimum Gasteiger partial charge on any atom is -0.494 e. The van der Waals surface area contributed by atoms with Crippen LogP contribution in [0.4, 0.5) is 11.4 Å². The number of nitro benzene ring substituents is 1. The predicted molar refractivity (Wildman–Crippen MR) is 117 cm³/mol. The highest BCUT2D eigenvalue weighted by molar-refractivity contribution is 6.32. The van der Waals surface area contributed by atoms with E-state index in [1.807, 2.05) is 25.1 Å². The number of carbonyl (C=O) groups is 1. The number of hydrogen-bond donors (Lipinski definition) is 0. The number of methoxy groups -OCH3 is 1. The highest BCUT2D eigenvalue weighted by Crippen LogP contribution is 2.35. The van der Waals surface area contributed by atoms with Gasteiger partial charge in [0, 0.05) is 18.8 Å². The summed E-state index contributed by atoms with van der Waals surface area (Å²) in [5, 5.41) is 15.8. The van der Waals surface area contributed by atoms with Crippen LogP contribution in [-0.2, 0) is 0 Å². The molecule has 31 heavy (non-hydrogen) atoms. The Labute approximate surface area is 184 Å². The lowest BCUT2D eigenvalue weighted by molar-refractivity contribution is -0.384. The second-order valence-corrected chi connectivity index (χ2v) is 7.98. The summed E-state index contributed by atoms with van der Waals surface area (Å²) < 4.78 is 7.01. The van der Waals surface area contributed by atoms with Crippen molar-refractivity contribution in [2.45, 2.75) is 19.8 Å². The molecule has 1 saturated carbocycles. The standard InChI is InChI=1S/C22H21ClN4O4/c1-14-3-8-21(31-2)20(11-14)26-10-9-18(24-26)22(28)25(13-15-4-5-15)16-6-7-17(23)19(12-16)27(29)30/h3,6-12,15H,4-5,13H2,1-2H3. The van der Waals surface area contributed by atoms with Gasteiger partial charge in [-0.3, -0.25) is 14.9 Å². The molecule has 1 aliphatic rings. The fourth-order valence-electron chi connectivity index (χ4n) is 3.36. The van der Waals surface area contributed by atoms with Crippen LogP contribution < -0.4 is 9.64 Å². The molecule has 1 aliphatic carbocycles. The highest BCUT2D eigenvalue weighted by atomic mass is 35.5. The molecule has 0 radical (unpaired) electrons. The Morgan fingerprint density at radius 3 is 2.74 bits per heavy atom. The Hall–Kier alpha value is -3.39. The normalized spacial score (nSPS) is 13.1. The van der Waals surface area contributed by atoms with Gasteiger partial charge in [-0.1, -0.05) is 17.7 Å². The number of halogens is 1. The maximum absolute atomic E-state index is 13.4. The molecule has 8 nitrogen and oxygen atoms in total. The van der Waals surface area contributed by atoms with E-state index in [9.17, 15) is 14.9 Å². The number of carbonyl (C=O) groups excluding carboxylic acids is 1. The van der Waals surface area contributed by atoms with Crippen LogP contribution in [0.25, 0.3) is 5.69 Å². The minimum atomic E-state index is -0.551. The first kappa shape index (κ1) is 20.9. The first-order valence-corrected chi connectivity index (χ1v) is 10.2. The van der Waals surface area contributed by atoms with Gasteiger partial charge in [-0.05, 0) is 61.6 Å². The van der Waals surface area contributed by atoms with Crippen LogP contribution >= 0.6 is 11.6 Å². The number of aromatic nitrogens is 2. The third kappa shape index (κ3) is 4.39. The van der Waals surface area contributed by atoms with Gasteiger partial charge >= 0.3 is 0 Å². The molecule has 0 bridgehead atoms.